The Morgan fingerprint density at radius 3 is 2.18 bits per heavy atom. The van der Waals surface area contributed by atoms with Gasteiger partial charge in [-0.1, -0.05) is 76.2 Å². The fourth-order valence-electron chi connectivity index (χ4n) is 7.35. The summed E-state index contributed by atoms with van der Waals surface area (Å²) in [6.07, 6.45) is 4.34. The van der Waals surface area contributed by atoms with Gasteiger partial charge in [-0.15, -0.1) is 0 Å². The highest BCUT2D eigenvalue weighted by atomic mass is 16.3. The van der Waals surface area contributed by atoms with Crippen LogP contribution in [0.15, 0.2) is 95.5 Å². The molecular formula is C41H40N3O+. The zero-order chi connectivity index (χ0) is 31.7. The second-order valence-electron chi connectivity index (χ2n) is 14.0. The number of aryl methyl sites for hydroxylation is 2. The molecule has 0 aliphatic heterocycles. The van der Waals surface area contributed by atoms with Crippen LogP contribution in [-0.4, -0.2) is 7.05 Å². The van der Waals surface area contributed by atoms with E-state index in [0.29, 0.717) is 5.56 Å². The summed E-state index contributed by atoms with van der Waals surface area (Å²) in [4.78, 5) is 2.12. The molecule has 0 fully saturated rings. The molecule has 45 heavy (non-hydrogen) atoms. The molecule has 2 heterocycles. The first-order chi connectivity index (χ1) is 21.5. The monoisotopic (exact) mass is 590 g/mol. The maximum Gasteiger partial charge on any atom is 0.216 e. The van der Waals surface area contributed by atoms with Crippen LogP contribution in [0.3, 0.4) is 0 Å². The van der Waals surface area contributed by atoms with Gasteiger partial charge in [0.25, 0.3) is 0 Å². The molecule has 0 N–H and O–H groups in total. The van der Waals surface area contributed by atoms with Gasteiger partial charge >= 0.3 is 0 Å². The van der Waals surface area contributed by atoms with Crippen LogP contribution < -0.4 is 9.47 Å². The third-order valence-corrected chi connectivity index (χ3v) is 10.2. The van der Waals surface area contributed by atoms with Crippen molar-refractivity contribution >= 4 is 33.3 Å². The number of pyridine rings is 1. The normalized spacial score (nSPS) is 15.2. The van der Waals surface area contributed by atoms with Gasteiger partial charge in [-0.25, -0.2) is 4.57 Å². The standard InChI is InChI=1S/C41H40N3O/c1-26-16-18-29-30-24-35(44(7)28-13-9-8-10-14-28)31(25-42)37(39(30)45-38(29)36(26)34-15-11-12-22-43(34)6)27-17-19-32-33(23-27)41(4,5)21-20-40(32,2)3/h8-19,22-24H,20-21H2,1-7H3/q+1. The smallest absolute Gasteiger partial charge is 0.216 e. The molecule has 0 atom stereocenters. The van der Waals surface area contributed by atoms with Crippen molar-refractivity contribution in [2.75, 3.05) is 11.9 Å². The molecule has 0 unspecified atom stereocenters. The van der Waals surface area contributed by atoms with Gasteiger partial charge in [-0.05, 0) is 77.1 Å². The van der Waals surface area contributed by atoms with Gasteiger partial charge in [-0.2, -0.15) is 5.26 Å². The predicted molar refractivity (Wildman–Crippen MR) is 185 cm³/mol. The quantitative estimate of drug-likeness (QED) is 0.192. The molecule has 7 rings (SSSR count). The molecular weight excluding hydrogens is 550 g/mol. The van der Waals surface area contributed by atoms with Crippen LogP contribution in [0.4, 0.5) is 11.4 Å². The molecule has 2 aromatic heterocycles. The second-order valence-corrected chi connectivity index (χ2v) is 14.0. The van der Waals surface area contributed by atoms with Crippen LogP contribution in [-0.2, 0) is 17.9 Å². The van der Waals surface area contributed by atoms with E-state index in [9.17, 15) is 5.26 Å². The lowest BCUT2D eigenvalue weighted by Crippen LogP contribution is -2.33. The van der Waals surface area contributed by atoms with Crippen molar-refractivity contribution < 1.29 is 8.98 Å². The molecule has 0 saturated carbocycles. The van der Waals surface area contributed by atoms with Crippen molar-refractivity contribution in [3.63, 3.8) is 0 Å². The predicted octanol–water partition coefficient (Wildman–Crippen LogP) is 10.0. The third-order valence-electron chi connectivity index (χ3n) is 10.2. The van der Waals surface area contributed by atoms with Crippen LogP contribution in [0, 0.1) is 18.3 Å². The Balaban J connectivity index is 1.61. The number of nitrogens with zero attached hydrogens (tertiary/aromatic N) is 3. The summed E-state index contributed by atoms with van der Waals surface area (Å²) in [6, 6.07) is 32.5. The fourth-order valence-corrected chi connectivity index (χ4v) is 7.35. The van der Waals surface area contributed by atoms with E-state index in [1.54, 1.807) is 0 Å². The zero-order valence-electron chi connectivity index (χ0n) is 27.3. The van der Waals surface area contributed by atoms with Crippen molar-refractivity contribution in [3.8, 4) is 28.5 Å². The Bertz CT molecular complexity index is 2160. The maximum atomic E-state index is 10.9. The van der Waals surface area contributed by atoms with E-state index in [1.807, 2.05) is 31.3 Å². The summed E-state index contributed by atoms with van der Waals surface area (Å²) in [5.74, 6) is 0. The molecule has 0 radical (unpaired) electrons. The molecule has 4 nitrogen and oxygen atoms in total. The average molecular weight is 591 g/mol. The molecule has 4 heteroatoms. The van der Waals surface area contributed by atoms with Crippen LogP contribution in [0.1, 0.15) is 62.8 Å². The highest BCUT2D eigenvalue weighted by Crippen LogP contribution is 2.50. The summed E-state index contributed by atoms with van der Waals surface area (Å²) in [5, 5.41) is 13.0. The number of aromatic nitrogens is 1. The van der Waals surface area contributed by atoms with E-state index < -0.39 is 0 Å². The molecule has 6 aromatic rings. The molecule has 0 amide bonds. The summed E-state index contributed by atoms with van der Waals surface area (Å²) < 4.78 is 9.13. The van der Waals surface area contributed by atoms with Crippen LogP contribution in [0.25, 0.3) is 44.3 Å². The minimum Gasteiger partial charge on any atom is -0.454 e. The summed E-state index contributed by atoms with van der Waals surface area (Å²) in [6.45, 7) is 11.5. The first kappa shape index (κ1) is 28.9. The Labute approximate surface area is 266 Å². The molecule has 0 spiro atoms. The van der Waals surface area contributed by atoms with E-state index in [2.05, 4.69) is 124 Å². The van der Waals surface area contributed by atoms with Crippen molar-refractivity contribution in [2.45, 2.75) is 58.3 Å². The highest BCUT2D eigenvalue weighted by Gasteiger charge is 2.37. The number of rotatable bonds is 4. The second kappa shape index (κ2) is 10.3. The van der Waals surface area contributed by atoms with Crippen molar-refractivity contribution in [2.24, 2.45) is 7.05 Å². The van der Waals surface area contributed by atoms with Crippen molar-refractivity contribution in [1.29, 1.82) is 5.26 Å². The van der Waals surface area contributed by atoms with E-state index in [-0.39, 0.29) is 10.8 Å². The van der Waals surface area contributed by atoms with E-state index >= 15 is 0 Å². The highest BCUT2D eigenvalue weighted by molar-refractivity contribution is 6.15. The van der Waals surface area contributed by atoms with E-state index in [0.717, 1.165) is 74.1 Å². The van der Waals surface area contributed by atoms with E-state index in [1.165, 1.54) is 11.1 Å². The average Bonchev–Trinajstić information content (AvgIpc) is 3.41. The Morgan fingerprint density at radius 2 is 1.47 bits per heavy atom. The minimum atomic E-state index is 0.0332. The number of fused-ring (bicyclic) bond motifs is 4. The van der Waals surface area contributed by atoms with Gasteiger partial charge in [0.1, 0.15) is 24.3 Å². The van der Waals surface area contributed by atoms with E-state index in [4.69, 9.17) is 4.42 Å². The van der Waals surface area contributed by atoms with Gasteiger partial charge in [0.2, 0.25) is 5.69 Å². The van der Waals surface area contributed by atoms with Gasteiger partial charge < -0.3 is 9.32 Å². The Morgan fingerprint density at radius 1 is 0.778 bits per heavy atom. The molecule has 1 aliphatic rings. The minimum absolute atomic E-state index is 0.0332. The molecule has 0 saturated heterocycles. The summed E-state index contributed by atoms with van der Waals surface area (Å²) in [5.41, 5.74) is 12.2. The van der Waals surface area contributed by atoms with Crippen LogP contribution >= 0.6 is 0 Å². The molecule has 1 aliphatic carbocycles. The maximum absolute atomic E-state index is 10.9. The first-order valence-electron chi connectivity index (χ1n) is 15.8. The van der Waals surface area contributed by atoms with Crippen LogP contribution in [0.2, 0.25) is 0 Å². The summed E-state index contributed by atoms with van der Waals surface area (Å²) in [7, 11) is 4.11. The SMILES string of the molecule is Cc1ccc2c(oc3c(-c4ccc5c(c4)C(C)(C)CCC5(C)C)c(C#N)c(N(C)c4ccccc4)cc32)c1-c1cccc[n+]1C. The lowest BCUT2D eigenvalue weighted by Gasteiger charge is -2.42. The number of nitriles is 1. The topological polar surface area (TPSA) is 44.1 Å². The number of hydrogen-bond acceptors (Lipinski definition) is 3. The third kappa shape index (κ3) is 4.53. The lowest BCUT2D eigenvalue weighted by atomic mass is 9.63. The number of para-hydroxylation sites is 1. The Kier molecular flexibility index (Phi) is 6.64. The Hall–Kier alpha value is -4.88. The number of furan rings is 1. The van der Waals surface area contributed by atoms with Crippen LogP contribution in [0.5, 0.6) is 0 Å². The number of anilines is 2. The molecule has 4 aromatic carbocycles. The molecule has 0 bridgehead atoms. The van der Waals surface area contributed by atoms with Gasteiger partial charge in [0.05, 0.1) is 16.8 Å². The largest absolute Gasteiger partial charge is 0.454 e. The number of hydrogen-bond donors (Lipinski definition) is 0. The molecule has 224 valence electrons. The fraction of sp³-hybridized carbons (Fsp3) is 0.268. The number of benzene rings is 4. The van der Waals surface area contributed by atoms with Crippen molar-refractivity contribution in [3.05, 3.63) is 113 Å². The zero-order valence-corrected chi connectivity index (χ0v) is 27.3. The lowest BCUT2D eigenvalue weighted by molar-refractivity contribution is -0.660. The van der Waals surface area contributed by atoms with Gasteiger partial charge in [-0.3, -0.25) is 0 Å². The van der Waals surface area contributed by atoms with Crippen molar-refractivity contribution in [1.82, 2.24) is 0 Å². The first-order valence-corrected chi connectivity index (χ1v) is 15.8. The summed E-state index contributed by atoms with van der Waals surface area (Å²) >= 11 is 0. The van der Waals surface area contributed by atoms with Gasteiger partial charge in [0, 0.05) is 41.2 Å². The van der Waals surface area contributed by atoms with Gasteiger partial charge in [0.15, 0.2) is 6.20 Å².